The number of halogens is 2. The smallest absolute Gasteiger partial charge is 0.243 e. The lowest BCUT2D eigenvalue weighted by Gasteiger charge is -2.27. The molecule has 5 nitrogen and oxygen atoms in total. The second-order valence-corrected chi connectivity index (χ2v) is 8.21. The summed E-state index contributed by atoms with van der Waals surface area (Å²) in [4.78, 5) is 0.0218. The van der Waals surface area contributed by atoms with Crippen molar-refractivity contribution in [3.63, 3.8) is 0 Å². The SMILES string of the molecule is O=S(=O)(c1ccc(F)c(Cl)c1)N1CCn2nc3c(c2C1)CCC3. The van der Waals surface area contributed by atoms with Gasteiger partial charge in [-0.15, -0.1) is 0 Å². The van der Waals surface area contributed by atoms with Crippen LogP contribution < -0.4 is 0 Å². The molecule has 2 aromatic rings. The summed E-state index contributed by atoms with van der Waals surface area (Å²) in [6.45, 7) is 1.20. The highest BCUT2D eigenvalue weighted by molar-refractivity contribution is 7.89. The van der Waals surface area contributed by atoms with Gasteiger partial charge in [-0.3, -0.25) is 4.68 Å². The van der Waals surface area contributed by atoms with E-state index in [1.807, 2.05) is 4.68 Å². The van der Waals surface area contributed by atoms with Gasteiger partial charge in [-0.05, 0) is 43.0 Å². The molecule has 0 fully saturated rings. The fraction of sp³-hybridized carbons (Fsp3) is 0.400. The minimum Gasteiger partial charge on any atom is -0.266 e. The molecule has 0 bridgehead atoms. The van der Waals surface area contributed by atoms with Crippen molar-refractivity contribution in [3.05, 3.63) is 46.0 Å². The molecule has 4 rings (SSSR count). The Morgan fingerprint density at radius 3 is 2.83 bits per heavy atom. The van der Waals surface area contributed by atoms with Crippen LogP contribution in [0.3, 0.4) is 0 Å². The molecule has 2 aliphatic rings. The van der Waals surface area contributed by atoms with Gasteiger partial charge in [0.2, 0.25) is 10.0 Å². The molecule has 0 spiro atoms. The number of nitrogens with zero attached hydrogens (tertiary/aromatic N) is 3. The van der Waals surface area contributed by atoms with Crippen LogP contribution in [0.15, 0.2) is 23.1 Å². The predicted octanol–water partition coefficient (Wildman–Crippen LogP) is 2.37. The molecule has 0 atom stereocenters. The zero-order valence-electron chi connectivity index (χ0n) is 12.3. The molecule has 0 saturated heterocycles. The zero-order valence-corrected chi connectivity index (χ0v) is 13.9. The molecule has 23 heavy (non-hydrogen) atoms. The van der Waals surface area contributed by atoms with Crippen molar-refractivity contribution in [1.82, 2.24) is 14.1 Å². The lowest BCUT2D eigenvalue weighted by atomic mass is 10.2. The van der Waals surface area contributed by atoms with E-state index in [9.17, 15) is 12.8 Å². The van der Waals surface area contributed by atoms with Gasteiger partial charge in [0.25, 0.3) is 0 Å². The minimum absolute atomic E-state index is 0.0218. The summed E-state index contributed by atoms with van der Waals surface area (Å²) >= 11 is 5.73. The Hall–Kier alpha value is -1.44. The molecule has 1 aromatic carbocycles. The number of aromatic nitrogens is 2. The lowest BCUT2D eigenvalue weighted by Crippen LogP contribution is -2.38. The Labute approximate surface area is 138 Å². The van der Waals surface area contributed by atoms with Crippen molar-refractivity contribution in [2.45, 2.75) is 37.2 Å². The molecule has 0 unspecified atom stereocenters. The molecule has 0 N–H and O–H groups in total. The average molecular weight is 356 g/mol. The van der Waals surface area contributed by atoms with Crippen LogP contribution in [-0.4, -0.2) is 29.0 Å². The first kappa shape index (κ1) is 15.1. The third-order valence-corrected chi connectivity index (χ3v) is 6.64. The molecule has 2 heterocycles. The van der Waals surface area contributed by atoms with E-state index < -0.39 is 15.8 Å². The summed E-state index contributed by atoms with van der Waals surface area (Å²) in [6, 6.07) is 3.51. The fourth-order valence-electron chi connectivity index (χ4n) is 3.32. The molecule has 1 aromatic heterocycles. The molecule has 8 heteroatoms. The summed E-state index contributed by atoms with van der Waals surface area (Å²) in [5.74, 6) is -0.625. The molecule has 0 radical (unpaired) electrons. The second kappa shape index (κ2) is 5.29. The Morgan fingerprint density at radius 2 is 2.04 bits per heavy atom. The first-order valence-electron chi connectivity index (χ1n) is 7.49. The van der Waals surface area contributed by atoms with Crippen molar-refractivity contribution in [3.8, 4) is 0 Å². The van der Waals surface area contributed by atoms with Gasteiger partial charge >= 0.3 is 0 Å². The van der Waals surface area contributed by atoms with Crippen molar-refractivity contribution in [1.29, 1.82) is 0 Å². The number of rotatable bonds is 2. The summed E-state index contributed by atoms with van der Waals surface area (Å²) in [5.41, 5.74) is 3.28. The van der Waals surface area contributed by atoms with Crippen LogP contribution in [0.4, 0.5) is 4.39 Å². The van der Waals surface area contributed by atoms with E-state index in [4.69, 9.17) is 11.6 Å². The largest absolute Gasteiger partial charge is 0.266 e. The maximum absolute atomic E-state index is 13.3. The Morgan fingerprint density at radius 1 is 1.22 bits per heavy atom. The predicted molar refractivity (Wildman–Crippen MR) is 83.3 cm³/mol. The van der Waals surface area contributed by atoms with Crippen LogP contribution in [0.2, 0.25) is 5.02 Å². The molecule has 122 valence electrons. The van der Waals surface area contributed by atoms with Crippen LogP contribution in [0, 0.1) is 5.82 Å². The van der Waals surface area contributed by atoms with Gasteiger partial charge < -0.3 is 0 Å². The normalized spacial score (nSPS) is 18.0. The molecule has 1 aliphatic heterocycles. The van der Waals surface area contributed by atoms with Crippen LogP contribution in [-0.2, 0) is 36.0 Å². The Kier molecular flexibility index (Phi) is 3.48. The highest BCUT2D eigenvalue weighted by atomic mass is 35.5. The van der Waals surface area contributed by atoms with Gasteiger partial charge in [0.1, 0.15) is 5.82 Å². The van der Waals surface area contributed by atoms with Crippen LogP contribution in [0.5, 0.6) is 0 Å². The van der Waals surface area contributed by atoms with E-state index in [-0.39, 0.29) is 9.92 Å². The second-order valence-electron chi connectivity index (χ2n) is 5.86. The molecule has 1 aliphatic carbocycles. The van der Waals surface area contributed by atoms with Gasteiger partial charge in [-0.25, -0.2) is 12.8 Å². The quantitative estimate of drug-likeness (QED) is 0.831. The first-order chi connectivity index (χ1) is 11.0. The monoisotopic (exact) mass is 355 g/mol. The number of benzene rings is 1. The highest BCUT2D eigenvalue weighted by Gasteiger charge is 2.33. The summed E-state index contributed by atoms with van der Waals surface area (Å²) in [6.07, 6.45) is 3.00. The van der Waals surface area contributed by atoms with Crippen molar-refractivity contribution in [2.24, 2.45) is 0 Å². The standard InChI is InChI=1S/C15H15ClFN3O2S/c16-12-8-10(4-5-13(12)17)23(21,22)19-6-7-20-15(9-19)11-2-1-3-14(11)18-20/h4-5,8H,1-3,6-7,9H2. The number of aryl methyl sites for hydroxylation is 1. The van der Waals surface area contributed by atoms with Crippen molar-refractivity contribution < 1.29 is 12.8 Å². The molecular formula is C15H15ClFN3O2S. The van der Waals surface area contributed by atoms with Gasteiger partial charge in [0, 0.05) is 6.54 Å². The fourth-order valence-corrected chi connectivity index (χ4v) is 4.98. The highest BCUT2D eigenvalue weighted by Crippen LogP contribution is 2.30. The van der Waals surface area contributed by atoms with Crippen molar-refractivity contribution >= 4 is 21.6 Å². The number of fused-ring (bicyclic) bond motifs is 3. The lowest BCUT2D eigenvalue weighted by molar-refractivity contribution is 0.324. The first-order valence-corrected chi connectivity index (χ1v) is 9.31. The summed E-state index contributed by atoms with van der Waals surface area (Å²) < 4.78 is 42.2. The van der Waals surface area contributed by atoms with E-state index in [0.29, 0.717) is 19.6 Å². The average Bonchev–Trinajstić information content (AvgIpc) is 3.10. The number of hydrogen-bond acceptors (Lipinski definition) is 3. The molecule has 0 amide bonds. The van der Waals surface area contributed by atoms with Gasteiger partial charge in [0.15, 0.2) is 0 Å². The zero-order chi connectivity index (χ0) is 16.2. The van der Waals surface area contributed by atoms with Gasteiger partial charge in [0.05, 0.1) is 34.4 Å². The third-order valence-electron chi connectivity index (χ3n) is 4.51. The van der Waals surface area contributed by atoms with Crippen LogP contribution in [0.25, 0.3) is 0 Å². The maximum Gasteiger partial charge on any atom is 0.243 e. The molecular weight excluding hydrogens is 341 g/mol. The number of hydrogen-bond donors (Lipinski definition) is 0. The minimum atomic E-state index is -3.70. The van der Waals surface area contributed by atoms with E-state index >= 15 is 0 Å². The van der Waals surface area contributed by atoms with Gasteiger partial charge in [-0.2, -0.15) is 9.40 Å². The van der Waals surface area contributed by atoms with E-state index in [0.717, 1.165) is 36.7 Å². The Bertz CT molecular complexity index is 894. The third kappa shape index (κ3) is 2.38. The Balaban J connectivity index is 1.69. The van der Waals surface area contributed by atoms with Gasteiger partial charge in [-0.1, -0.05) is 11.6 Å². The topological polar surface area (TPSA) is 55.2 Å². The summed E-state index contributed by atoms with van der Waals surface area (Å²) in [5, 5.41) is 4.38. The van der Waals surface area contributed by atoms with Crippen LogP contribution >= 0.6 is 11.6 Å². The number of sulfonamides is 1. The molecule has 0 saturated carbocycles. The maximum atomic E-state index is 13.3. The van der Waals surface area contributed by atoms with E-state index in [2.05, 4.69) is 5.10 Å². The van der Waals surface area contributed by atoms with Crippen molar-refractivity contribution in [2.75, 3.05) is 6.54 Å². The summed E-state index contributed by atoms with van der Waals surface area (Å²) in [7, 11) is -3.70. The van der Waals surface area contributed by atoms with Crippen LogP contribution in [0.1, 0.15) is 23.4 Å². The van der Waals surface area contributed by atoms with E-state index in [1.54, 1.807) is 0 Å². The van der Waals surface area contributed by atoms with E-state index in [1.165, 1.54) is 22.0 Å².